The number of unbranched alkanes of at least 4 members (excludes halogenated alkanes) is 6. The normalized spacial score (nSPS) is 18.0. The summed E-state index contributed by atoms with van der Waals surface area (Å²) in [6, 6.07) is 0. The number of aliphatic hydroxyl groups excluding tert-OH is 1. The molecule has 0 spiro atoms. The molecule has 1 saturated heterocycles. The highest BCUT2D eigenvalue weighted by Gasteiger charge is 2.36. The van der Waals surface area contributed by atoms with Crippen LogP contribution in [0.2, 0.25) is 0 Å². The first-order valence-corrected chi connectivity index (χ1v) is 26.1. The van der Waals surface area contributed by atoms with Gasteiger partial charge in [0, 0.05) is 12.8 Å². The first kappa shape index (κ1) is 59.0. The highest BCUT2D eigenvalue weighted by atomic mass is 31.2. The Bertz CT molecular complexity index is 1560. The summed E-state index contributed by atoms with van der Waals surface area (Å²) in [5.74, 6) is -1.15. The van der Waals surface area contributed by atoms with Gasteiger partial charge in [0.05, 0.1) is 32.0 Å². The van der Waals surface area contributed by atoms with Crippen LogP contribution in [0.3, 0.4) is 0 Å². The Hall–Kier alpha value is -3.00. The van der Waals surface area contributed by atoms with E-state index in [1.54, 1.807) is 0 Å². The minimum Gasteiger partial charge on any atom is -0.462 e. The maximum absolute atomic E-state index is 12.7. The molecule has 1 aliphatic heterocycles. The van der Waals surface area contributed by atoms with Crippen molar-refractivity contribution in [3.63, 3.8) is 0 Å². The van der Waals surface area contributed by atoms with Crippen LogP contribution in [0.5, 0.6) is 0 Å². The summed E-state index contributed by atoms with van der Waals surface area (Å²) in [7, 11) is -9.73. The van der Waals surface area contributed by atoms with Gasteiger partial charge in [0.25, 0.3) is 0 Å². The number of hydrogen-bond donors (Lipinski definition) is 4. The van der Waals surface area contributed by atoms with Crippen LogP contribution in [0.15, 0.2) is 97.2 Å². The number of esters is 2. The lowest BCUT2D eigenvalue weighted by Gasteiger charge is -2.20. The fourth-order valence-corrected chi connectivity index (χ4v) is 6.97. The van der Waals surface area contributed by atoms with Crippen LogP contribution in [0.4, 0.5) is 0 Å². The van der Waals surface area contributed by atoms with E-state index in [2.05, 4.69) is 120 Å². The summed E-state index contributed by atoms with van der Waals surface area (Å²) in [6.07, 6.45) is 48.4. The van der Waals surface area contributed by atoms with E-state index < -0.39 is 66.2 Å². The van der Waals surface area contributed by atoms with Crippen LogP contribution >= 0.6 is 15.6 Å². The van der Waals surface area contributed by atoms with Gasteiger partial charge in [-0.15, -0.1) is 0 Å². The van der Waals surface area contributed by atoms with E-state index in [9.17, 15) is 28.7 Å². The van der Waals surface area contributed by atoms with Gasteiger partial charge in [-0.3, -0.25) is 23.2 Å². The van der Waals surface area contributed by atoms with Crippen molar-refractivity contribution >= 4 is 27.6 Å². The lowest BCUT2D eigenvalue weighted by molar-refractivity contribution is -0.161. The molecule has 1 fully saturated rings. The molecule has 4 N–H and O–H groups in total. The summed E-state index contributed by atoms with van der Waals surface area (Å²) in [4.78, 5) is 52.9. The molecule has 1 rings (SSSR count). The number of allylic oxidation sites excluding steroid dienone is 15. The number of carbonyl (C=O) groups excluding carboxylic acids is 2. The van der Waals surface area contributed by atoms with E-state index in [1.165, 1.54) is 19.3 Å². The molecule has 0 aromatic heterocycles. The summed E-state index contributed by atoms with van der Waals surface area (Å²) in [5, 5.41) is 9.77. The monoisotopic (exact) mass is 940 g/mol. The Kier molecular flexibility index (Phi) is 36.1. The van der Waals surface area contributed by atoms with E-state index in [0.717, 1.165) is 77.0 Å². The van der Waals surface area contributed by atoms with Crippen molar-refractivity contribution in [2.24, 2.45) is 0 Å². The molecule has 0 bridgehead atoms. The third-order valence-electron chi connectivity index (χ3n) is 9.37. The second-order valence-corrected chi connectivity index (χ2v) is 18.0. The lowest BCUT2D eigenvalue weighted by atomic mass is 10.1. The van der Waals surface area contributed by atoms with E-state index in [4.69, 9.17) is 28.5 Å². The maximum atomic E-state index is 12.7. The number of phosphoric acid groups is 2. The molecular formula is C48H78O14P2. The number of phosphoric ester groups is 2. The molecular weight excluding hydrogens is 862 g/mol. The fraction of sp³-hybridized carbons (Fsp3) is 0.625. The minimum atomic E-state index is -4.88. The smallest absolute Gasteiger partial charge is 0.462 e. The minimum absolute atomic E-state index is 0.0699. The van der Waals surface area contributed by atoms with Gasteiger partial charge in [-0.05, 0) is 96.3 Å². The van der Waals surface area contributed by atoms with Crippen LogP contribution in [-0.4, -0.2) is 82.6 Å². The molecule has 1 aliphatic rings. The second-order valence-electron chi connectivity index (χ2n) is 15.3. The molecule has 0 amide bonds. The molecule has 5 atom stereocenters. The SMILES string of the molecule is CC/C=C\C/C=C\C/C=C\C/C=C\C/C=C\CCCCCC(=O)O[C@H](COC(=O)CCCC1OC1C/C=C\C/C=C\C/C=C\CCCCC)COP(=O)(O)OC[C@@H](O)COP(=O)(O)O. The maximum Gasteiger partial charge on any atom is 0.472 e. The summed E-state index contributed by atoms with van der Waals surface area (Å²) in [5.41, 5.74) is 0. The zero-order valence-corrected chi connectivity index (χ0v) is 40.1. The summed E-state index contributed by atoms with van der Waals surface area (Å²) >= 11 is 0. The summed E-state index contributed by atoms with van der Waals surface area (Å²) in [6.45, 7) is 1.48. The molecule has 0 aliphatic carbocycles. The van der Waals surface area contributed by atoms with Gasteiger partial charge < -0.3 is 34.0 Å². The Labute approximate surface area is 383 Å². The summed E-state index contributed by atoms with van der Waals surface area (Å²) < 4.78 is 53.6. The van der Waals surface area contributed by atoms with Crippen molar-refractivity contribution in [1.29, 1.82) is 0 Å². The number of carbonyl (C=O) groups is 2. The van der Waals surface area contributed by atoms with Crippen molar-refractivity contribution in [3.8, 4) is 0 Å². The zero-order valence-electron chi connectivity index (χ0n) is 38.3. The first-order valence-electron chi connectivity index (χ1n) is 23.1. The van der Waals surface area contributed by atoms with Crippen LogP contribution in [0, 0.1) is 0 Å². The number of rotatable bonds is 41. The Morgan fingerprint density at radius 1 is 0.562 bits per heavy atom. The quantitative estimate of drug-likeness (QED) is 0.0148. The molecule has 64 heavy (non-hydrogen) atoms. The Balaban J connectivity index is 2.43. The average molecular weight is 941 g/mol. The van der Waals surface area contributed by atoms with Gasteiger partial charge >= 0.3 is 27.6 Å². The van der Waals surface area contributed by atoms with Crippen molar-refractivity contribution in [2.75, 3.05) is 26.4 Å². The van der Waals surface area contributed by atoms with Crippen molar-refractivity contribution in [1.82, 2.24) is 0 Å². The predicted molar refractivity (Wildman–Crippen MR) is 252 cm³/mol. The standard InChI is InChI=1S/C48H78O14P2/c1-3-5-7-9-11-13-15-17-18-19-20-21-22-23-25-27-29-31-33-37-48(51)61-44(42-60-64(55,56)59-40-43(49)39-58-63(52,53)54)41-57-47(50)38-34-36-46-45(62-46)35-32-30-28-26-24-16-14-12-10-8-6-4-2/h5,7,11-14,17-18,20-21,23-26,30,32,43-46,49H,3-4,6,8-10,15-16,19,22,27-29,31,33-42H2,1-2H3,(H,55,56)(H2,52,53,54)/b7-5-,13-11-,14-12-,18-17-,21-20-,25-23-,26-24-,32-30-/t43-,44+,45?,46?/m0/s1. The first-order chi connectivity index (χ1) is 30.8. The highest BCUT2D eigenvalue weighted by molar-refractivity contribution is 7.47. The van der Waals surface area contributed by atoms with Crippen LogP contribution in [0.1, 0.15) is 142 Å². The van der Waals surface area contributed by atoms with Crippen LogP contribution in [-0.2, 0) is 46.5 Å². The van der Waals surface area contributed by atoms with Gasteiger partial charge in [0.15, 0.2) is 6.10 Å². The van der Waals surface area contributed by atoms with Crippen molar-refractivity contribution in [2.45, 2.75) is 167 Å². The number of ether oxygens (including phenoxy) is 3. The van der Waals surface area contributed by atoms with E-state index in [1.807, 2.05) is 0 Å². The molecule has 16 heteroatoms. The largest absolute Gasteiger partial charge is 0.472 e. The molecule has 0 saturated carbocycles. The van der Waals surface area contributed by atoms with Gasteiger partial charge in [-0.1, -0.05) is 130 Å². The molecule has 0 radical (unpaired) electrons. The molecule has 0 aromatic rings. The molecule has 14 nitrogen and oxygen atoms in total. The topological polar surface area (TPSA) is 208 Å². The predicted octanol–water partition coefficient (Wildman–Crippen LogP) is 11.1. The van der Waals surface area contributed by atoms with E-state index in [-0.39, 0.29) is 25.0 Å². The van der Waals surface area contributed by atoms with Gasteiger partial charge in [-0.25, -0.2) is 9.13 Å². The zero-order chi connectivity index (χ0) is 47.0. The van der Waals surface area contributed by atoms with Crippen LogP contribution < -0.4 is 0 Å². The number of epoxide rings is 1. The molecule has 364 valence electrons. The van der Waals surface area contributed by atoms with Crippen molar-refractivity contribution in [3.05, 3.63) is 97.2 Å². The third kappa shape index (κ3) is 39.4. The van der Waals surface area contributed by atoms with Gasteiger partial charge in [-0.2, -0.15) is 0 Å². The third-order valence-corrected chi connectivity index (χ3v) is 10.8. The van der Waals surface area contributed by atoms with Crippen LogP contribution in [0.25, 0.3) is 0 Å². The average Bonchev–Trinajstić information content (AvgIpc) is 4.01. The highest BCUT2D eigenvalue weighted by Crippen LogP contribution is 2.44. The van der Waals surface area contributed by atoms with E-state index >= 15 is 0 Å². The molecule has 1 heterocycles. The lowest BCUT2D eigenvalue weighted by Crippen LogP contribution is -2.30. The number of hydrogen-bond acceptors (Lipinski definition) is 11. The molecule has 0 aromatic carbocycles. The number of aliphatic hydroxyl groups is 1. The van der Waals surface area contributed by atoms with Gasteiger partial charge in [0.1, 0.15) is 12.7 Å². The van der Waals surface area contributed by atoms with E-state index in [0.29, 0.717) is 19.3 Å². The van der Waals surface area contributed by atoms with Crippen molar-refractivity contribution < 1.29 is 66.3 Å². The molecule has 3 unspecified atom stereocenters. The van der Waals surface area contributed by atoms with Gasteiger partial charge in [0.2, 0.25) is 0 Å². The second kappa shape index (κ2) is 39.2. The Morgan fingerprint density at radius 2 is 1.06 bits per heavy atom. The fourth-order valence-electron chi connectivity index (χ4n) is 5.81. The Morgan fingerprint density at radius 3 is 1.62 bits per heavy atom.